The minimum Gasteiger partial charge on any atom is -0.454 e. The van der Waals surface area contributed by atoms with Crippen molar-refractivity contribution in [1.29, 1.82) is 0 Å². The topological polar surface area (TPSA) is 22.3 Å². The maximum absolute atomic E-state index is 5.62. The van der Waals surface area contributed by atoms with E-state index in [9.17, 15) is 0 Å². The molecule has 0 saturated heterocycles. The quantitative estimate of drug-likeness (QED) is 0.369. The zero-order valence-corrected chi connectivity index (χ0v) is 14.7. The molecule has 3 aromatic carbocycles. The fraction of sp³-hybridized carbons (Fsp3) is 0.227. The fourth-order valence-electron chi connectivity index (χ4n) is 3.93. The average Bonchev–Trinajstić information content (AvgIpc) is 3.09. The van der Waals surface area contributed by atoms with Crippen LogP contribution in [-0.4, -0.2) is 6.79 Å². The van der Waals surface area contributed by atoms with E-state index in [0.29, 0.717) is 6.79 Å². The van der Waals surface area contributed by atoms with Crippen molar-refractivity contribution in [2.45, 2.75) is 27.3 Å². The number of rotatable bonds is 1. The predicted octanol–water partition coefficient (Wildman–Crippen LogP) is 4.80. The highest BCUT2D eigenvalue weighted by molar-refractivity contribution is 6.14. The maximum atomic E-state index is 5.62. The summed E-state index contributed by atoms with van der Waals surface area (Å²) in [7, 11) is 0. The van der Waals surface area contributed by atoms with E-state index in [0.717, 1.165) is 18.0 Å². The van der Waals surface area contributed by atoms with Crippen LogP contribution in [0.5, 0.6) is 11.5 Å². The lowest BCUT2D eigenvalue weighted by Gasteiger charge is -2.11. The van der Waals surface area contributed by atoms with Crippen molar-refractivity contribution < 1.29 is 14.0 Å². The van der Waals surface area contributed by atoms with Crippen molar-refractivity contribution in [1.82, 2.24) is 0 Å². The number of fused-ring (bicyclic) bond motifs is 6. The van der Waals surface area contributed by atoms with Gasteiger partial charge in [-0.25, -0.2) is 0 Å². The molecule has 0 aliphatic carbocycles. The first-order chi connectivity index (χ1) is 12.2. The van der Waals surface area contributed by atoms with E-state index in [4.69, 9.17) is 9.47 Å². The van der Waals surface area contributed by atoms with Crippen LogP contribution in [0.1, 0.15) is 18.1 Å². The fourth-order valence-corrected chi connectivity index (χ4v) is 3.93. The van der Waals surface area contributed by atoms with Gasteiger partial charge in [0.1, 0.15) is 6.54 Å². The summed E-state index contributed by atoms with van der Waals surface area (Å²) >= 11 is 0. The van der Waals surface area contributed by atoms with Crippen LogP contribution in [0.15, 0.2) is 42.6 Å². The Hall–Kier alpha value is -2.81. The summed E-state index contributed by atoms with van der Waals surface area (Å²) in [5.74, 6) is 1.67. The van der Waals surface area contributed by atoms with Gasteiger partial charge in [0.05, 0.1) is 10.8 Å². The molecule has 0 radical (unpaired) electrons. The smallest absolute Gasteiger partial charge is 0.231 e. The number of ether oxygens (including phenoxy) is 2. The van der Waals surface area contributed by atoms with Crippen LogP contribution in [-0.2, 0) is 6.54 Å². The Balaban J connectivity index is 2.00. The van der Waals surface area contributed by atoms with Gasteiger partial charge >= 0.3 is 0 Å². The summed E-state index contributed by atoms with van der Waals surface area (Å²) in [5, 5.41) is 6.32. The minimum atomic E-state index is 0.304. The molecule has 0 bridgehead atoms. The lowest BCUT2D eigenvalue weighted by atomic mass is 9.96. The summed E-state index contributed by atoms with van der Waals surface area (Å²) in [6.45, 7) is 7.81. The summed E-state index contributed by atoms with van der Waals surface area (Å²) < 4.78 is 13.5. The first kappa shape index (κ1) is 14.5. The Bertz CT molecular complexity index is 1180. The van der Waals surface area contributed by atoms with Crippen molar-refractivity contribution >= 4 is 32.4 Å². The number of benzene rings is 3. The van der Waals surface area contributed by atoms with Crippen LogP contribution >= 0.6 is 0 Å². The molecule has 1 aliphatic heterocycles. The lowest BCUT2D eigenvalue weighted by Crippen LogP contribution is -2.33. The minimum absolute atomic E-state index is 0.304. The van der Waals surface area contributed by atoms with Crippen molar-refractivity contribution in [3.8, 4) is 11.5 Å². The van der Waals surface area contributed by atoms with E-state index < -0.39 is 0 Å². The Kier molecular flexibility index (Phi) is 2.96. The van der Waals surface area contributed by atoms with Gasteiger partial charge in [-0.1, -0.05) is 18.2 Å². The van der Waals surface area contributed by atoms with E-state index in [-0.39, 0.29) is 0 Å². The summed E-state index contributed by atoms with van der Waals surface area (Å²) in [4.78, 5) is 0. The highest BCUT2D eigenvalue weighted by atomic mass is 16.7. The van der Waals surface area contributed by atoms with Crippen LogP contribution in [0.2, 0.25) is 0 Å². The van der Waals surface area contributed by atoms with Gasteiger partial charge in [-0.05, 0) is 55.5 Å². The maximum Gasteiger partial charge on any atom is 0.231 e. The van der Waals surface area contributed by atoms with E-state index >= 15 is 0 Å². The van der Waals surface area contributed by atoms with Gasteiger partial charge in [-0.15, -0.1) is 0 Å². The first-order valence-corrected chi connectivity index (χ1v) is 8.76. The molecule has 1 aliphatic rings. The Morgan fingerprint density at radius 2 is 1.64 bits per heavy atom. The predicted molar refractivity (Wildman–Crippen MR) is 100 cm³/mol. The number of hydrogen-bond donors (Lipinski definition) is 0. The number of pyridine rings is 1. The summed E-state index contributed by atoms with van der Waals surface area (Å²) in [5.41, 5.74) is 3.94. The molecule has 2 heterocycles. The molecular formula is C22H20NO2+. The third-order valence-corrected chi connectivity index (χ3v) is 5.47. The number of nitrogens with zero attached hydrogens (tertiary/aromatic N) is 1. The molecule has 0 unspecified atom stereocenters. The molecule has 124 valence electrons. The molecule has 3 nitrogen and oxygen atoms in total. The molecule has 0 atom stereocenters. The molecule has 4 aromatic rings. The third-order valence-electron chi connectivity index (χ3n) is 5.47. The monoisotopic (exact) mass is 330 g/mol. The first-order valence-electron chi connectivity index (χ1n) is 8.76. The Morgan fingerprint density at radius 1 is 0.880 bits per heavy atom. The van der Waals surface area contributed by atoms with Gasteiger partial charge in [-0.2, -0.15) is 4.57 Å². The number of aromatic nitrogens is 1. The van der Waals surface area contributed by atoms with Crippen LogP contribution in [0.25, 0.3) is 32.4 Å². The molecule has 0 amide bonds. The van der Waals surface area contributed by atoms with Gasteiger partial charge in [0.15, 0.2) is 17.7 Å². The molecule has 0 fully saturated rings. The van der Waals surface area contributed by atoms with Gasteiger partial charge in [0.25, 0.3) is 0 Å². The Labute approximate surface area is 146 Å². The van der Waals surface area contributed by atoms with Gasteiger partial charge in [-0.3, -0.25) is 0 Å². The second kappa shape index (κ2) is 5.09. The molecular weight excluding hydrogens is 310 g/mol. The second-order valence-corrected chi connectivity index (χ2v) is 6.77. The number of aryl methyl sites for hydroxylation is 3. The normalized spacial score (nSPS) is 13.2. The molecule has 0 N–H and O–H groups in total. The van der Waals surface area contributed by atoms with Crippen molar-refractivity contribution in [2.75, 3.05) is 6.79 Å². The van der Waals surface area contributed by atoms with Gasteiger partial charge in [0, 0.05) is 10.8 Å². The van der Waals surface area contributed by atoms with Crippen molar-refractivity contribution in [2.24, 2.45) is 0 Å². The van der Waals surface area contributed by atoms with Crippen LogP contribution < -0.4 is 14.0 Å². The SMILES string of the molecule is CC[n+]1cc2c(C)c(C)ccc2c2ccc3cc4c(cc3c21)OCO4. The largest absolute Gasteiger partial charge is 0.454 e. The highest BCUT2D eigenvalue weighted by Gasteiger charge is 2.21. The zero-order chi connectivity index (χ0) is 17.1. The Morgan fingerprint density at radius 3 is 2.44 bits per heavy atom. The standard InChI is InChI=1S/C22H20NO2/c1-4-23-11-19-14(3)13(2)5-7-16(19)17-8-6-15-9-20-21(25-12-24-20)10-18(15)22(17)23/h5-11H,4,12H2,1-3H3/q+1. The van der Waals surface area contributed by atoms with Crippen LogP contribution in [0, 0.1) is 13.8 Å². The zero-order valence-electron chi connectivity index (χ0n) is 14.7. The van der Waals surface area contributed by atoms with Gasteiger partial charge in [0.2, 0.25) is 12.3 Å². The lowest BCUT2D eigenvalue weighted by molar-refractivity contribution is -0.665. The number of hydrogen-bond acceptors (Lipinski definition) is 2. The third kappa shape index (κ3) is 1.95. The molecule has 25 heavy (non-hydrogen) atoms. The molecule has 0 saturated carbocycles. The van der Waals surface area contributed by atoms with Crippen molar-refractivity contribution in [3.63, 3.8) is 0 Å². The van der Waals surface area contributed by atoms with E-state index in [2.05, 4.69) is 67.9 Å². The van der Waals surface area contributed by atoms with E-state index in [1.165, 1.54) is 43.6 Å². The van der Waals surface area contributed by atoms with Gasteiger partial charge < -0.3 is 9.47 Å². The second-order valence-electron chi connectivity index (χ2n) is 6.77. The van der Waals surface area contributed by atoms with Crippen LogP contribution in [0.4, 0.5) is 0 Å². The molecule has 5 rings (SSSR count). The molecule has 1 aromatic heterocycles. The molecule has 3 heteroatoms. The van der Waals surface area contributed by atoms with Crippen molar-refractivity contribution in [3.05, 3.63) is 53.7 Å². The van der Waals surface area contributed by atoms with E-state index in [1.54, 1.807) is 0 Å². The van der Waals surface area contributed by atoms with Crippen LogP contribution in [0.3, 0.4) is 0 Å². The summed E-state index contributed by atoms with van der Waals surface area (Å²) in [6, 6.07) is 13.1. The average molecular weight is 330 g/mol. The highest BCUT2D eigenvalue weighted by Crippen LogP contribution is 2.39. The summed E-state index contributed by atoms with van der Waals surface area (Å²) in [6.07, 6.45) is 2.30. The molecule has 0 spiro atoms. The van der Waals surface area contributed by atoms with E-state index in [1.807, 2.05) is 0 Å².